The summed E-state index contributed by atoms with van der Waals surface area (Å²) in [6.07, 6.45) is 9.51. The Hall–Kier alpha value is -1.84. The van der Waals surface area contributed by atoms with Crippen LogP contribution in [0.1, 0.15) is 60.8 Å². The molecule has 0 unspecified atom stereocenters. The van der Waals surface area contributed by atoms with Gasteiger partial charge in [0.05, 0.1) is 5.52 Å². The minimum Gasteiger partial charge on any atom is -0.350 e. The average molecular weight is 283 g/mol. The maximum atomic E-state index is 12.5. The van der Waals surface area contributed by atoms with E-state index in [4.69, 9.17) is 0 Å². The Labute approximate surface area is 124 Å². The lowest BCUT2D eigenvalue weighted by molar-refractivity contribution is 0.0944. The first-order valence-electron chi connectivity index (χ1n) is 8.08. The summed E-state index contributed by atoms with van der Waals surface area (Å²) in [6.45, 7) is 0.795. The van der Waals surface area contributed by atoms with Crippen LogP contribution in [0.5, 0.6) is 0 Å². The summed E-state index contributed by atoms with van der Waals surface area (Å²) < 4.78 is 2.09. The molecule has 4 rings (SSSR count). The maximum absolute atomic E-state index is 12.5. The molecule has 0 atom stereocenters. The Kier molecular flexibility index (Phi) is 3.17. The predicted molar refractivity (Wildman–Crippen MR) is 81.5 cm³/mol. The van der Waals surface area contributed by atoms with Crippen LogP contribution in [-0.2, 0) is 0 Å². The van der Waals surface area contributed by atoms with Crippen LogP contribution in [0.25, 0.3) is 5.52 Å². The van der Waals surface area contributed by atoms with Crippen molar-refractivity contribution in [3.05, 3.63) is 35.9 Å². The number of pyridine rings is 1. The minimum atomic E-state index is -0.0162. The number of amides is 1. The van der Waals surface area contributed by atoms with Crippen molar-refractivity contribution in [2.75, 3.05) is 6.54 Å². The number of hydrogen-bond donors (Lipinski definition) is 1. The van der Waals surface area contributed by atoms with Crippen molar-refractivity contribution in [1.29, 1.82) is 0 Å². The molecule has 0 aliphatic heterocycles. The molecule has 0 aromatic carbocycles. The van der Waals surface area contributed by atoms with Gasteiger partial charge in [0.15, 0.2) is 5.69 Å². The molecule has 2 fully saturated rings. The first-order chi connectivity index (χ1) is 10.3. The topological polar surface area (TPSA) is 46.4 Å². The quantitative estimate of drug-likeness (QED) is 0.937. The first kappa shape index (κ1) is 12.9. The van der Waals surface area contributed by atoms with Crippen LogP contribution >= 0.6 is 0 Å². The zero-order chi connectivity index (χ0) is 14.2. The number of carbonyl (C=O) groups is 1. The van der Waals surface area contributed by atoms with E-state index in [9.17, 15) is 4.79 Å². The molecule has 0 spiro atoms. The minimum absolute atomic E-state index is 0.0162. The van der Waals surface area contributed by atoms with Crippen molar-refractivity contribution in [2.45, 2.75) is 44.4 Å². The van der Waals surface area contributed by atoms with Crippen LogP contribution < -0.4 is 5.32 Å². The fourth-order valence-corrected chi connectivity index (χ4v) is 3.39. The summed E-state index contributed by atoms with van der Waals surface area (Å²) in [6, 6.07) is 5.96. The molecule has 1 amide bonds. The number of nitrogens with zero attached hydrogens (tertiary/aromatic N) is 2. The van der Waals surface area contributed by atoms with E-state index in [2.05, 4.69) is 14.7 Å². The number of nitrogens with one attached hydrogen (secondary N) is 1. The number of carbonyl (C=O) groups excluding carboxylic acids is 1. The van der Waals surface area contributed by atoms with E-state index >= 15 is 0 Å². The molecule has 1 N–H and O–H groups in total. The molecule has 4 nitrogen and oxygen atoms in total. The summed E-state index contributed by atoms with van der Waals surface area (Å²) in [5.41, 5.74) is 1.53. The van der Waals surface area contributed by atoms with Crippen LogP contribution in [0.15, 0.2) is 24.4 Å². The molecule has 0 radical (unpaired) electrons. The van der Waals surface area contributed by atoms with Gasteiger partial charge < -0.3 is 9.72 Å². The normalized spacial score (nSPS) is 19.2. The van der Waals surface area contributed by atoms with E-state index in [0.717, 1.165) is 17.9 Å². The molecule has 110 valence electrons. The van der Waals surface area contributed by atoms with Crippen LogP contribution in [0.4, 0.5) is 0 Å². The number of aromatic nitrogens is 2. The molecule has 2 aliphatic rings. The Morgan fingerprint density at radius 3 is 2.81 bits per heavy atom. The number of fused-ring (bicyclic) bond motifs is 1. The monoisotopic (exact) mass is 283 g/mol. The van der Waals surface area contributed by atoms with Crippen molar-refractivity contribution in [2.24, 2.45) is 5.92 Å². The van der Waals surface area contributed by atoms with Gasteiger partial charge in [-0.05, 0) is 43.7 Å². The van der Waals surface area contributed by atoms with Gasteiger partial charge in [-0.2, -0.15) is 0 Å². The van der Waals surface area contributed by atoms with Crippen LogP contribution in [0.2, 0.25) is 0 Å². The van der Waals surface area contributed by atoms with Crippen LogP contribution in [0, 0.1) is 5.92 Å². The number of imidazole rings is 1. The maximum Gasteiger partial charge on any atom is 0.272 e. The lowest BCUT2D eigenvalue weighted by Crippen LogP contribution is -2.28. The summed E-state index contributed by atoms with van der Waals surface area (Å²) in [4.78, 5) is 17.1. The molecular formula is C17H21N3O. The van der Waals surface area contributed by atoms with E-state index in [-0.39, 0.29) is 5.91 Å². The highest BCUT2D eigenvalue weighted by atomic mass is 16.1. The molecule has 4 heteroatoms. The van der Waals surface area contributed by atoms with Gasteiger partial charge in [0.1, 0.15) is 5.82 Å². The fourth-order valence-electron chi connectivity index (χ4n) is 3.39. The lowest BCUT2D eigenvalue weighted by Gasteiger charge is -2.09. The van der Waals surface area contributed by atoms with E-state index < -0.39 is 0 Å². The standard InChI is InChI=1S/C17H21N3O/c21-17(18-11-12-5-1-2-6-12)15-14-7-3-4-10-20(14)16(19-15)13-8-9-13/h3-4,7,10,12-13H,1-2,5-6,8-9,11H2,(H,18,21). The highest BCUT2D eigenvalue weighted by molar-refractivity contribution is 5.99. The van der Waals surface area contributed by atoms with Crippen molar-refractivity contribution in [3.63, 3.8) is 0 Å². The molecule has 21 heavy (non-hydrogen) atoms. The fraction of sp³-hybridized carbons (Fsp3) is 0.529. The third-order valence-corrected chi connectivity index (χ3v) is 4.76. The molecule has 2 aliphatic carbocycles. The summed E-state index contributed by atoms with van der Waals surface area (Å²) in [5.74, 6) is 2.23. The zero-order valence-electron chi connectivity index (χ0n) is 12.2. The summed E-state index contributed by atoms with van der Waals surface area (Å²) in [7, 11) is 0. The Morgan fingerprint density at radius 2 is 2.05 bits per heavy atom. The molecule has 2 aromatic heterocycles. The van der Waals surface area contributed by atoms with Crippen molar-refractivity contribution in [1.82, 2.24) is 14.7 Å². The van der Waals surface area contributed by atoms with Crippen molar-refractivity contribution >= 4 is 11.4 Å². The van der Waals surface area contributed by atoms with Gasteiger partial charge >= 0.3 is 0 Å². The second kappa shape index (κ2) is 5.17. The molecular weight excluding hydrogens is 262 g/mol. The SMILES string of the molecule is O=C(NCC1CCCC1)c1nc(C2CC2)n2ccccc12. The third-order valence-electron chi connectivity index (χ3n) is 4.76. The van der Waals surface area contributed by atoms with E-state index in [0.29, 0.717) is 17.5 Å². The number of rotatable bonds is 4. The van der Waals surface area contributed by atoms with Crippen molar-refractivity contribution < 1.29 is 4.79 Å². The molecule has 2 heterocycles. The third kappa shape index (κ3) is 2.43. The van der Waals surface area contributed by atoms with Crippen LogP contribution in [0.3, 0.4) is 0 Å². The second-order valence-electron chi connectivity index (χ2n) is 6.41. The molecule has 2 aromatic rings. The summed E-state index contributed by atoms with van der Waals surface area (Å²) in [5, 5.41) is 3.09. The molecule has 0 bridgehead atoms. The lowest BCUT2D eigenvalue weighted by atomic mass is 10.1. The highest BCUT2D eigenvalue weighted by Gasteiger charge is 2.30. The van der Waals surface area contributed by atoms with Gasteiger partial charge in [0.25, 0.3) is 5.91 Å². The van der Waals surface area contributed by atoms with Gasteiger partial charge in [-0.1, -0.05) is 18.9 Å². The van der Waals surface area contributed by atoms with E-state index in [1.54, 1.807) is 0 Å². The van der Waals surface area contributed by atoms with Gasteiger partial charge in [-0.3, -0.25) is 4.79 Å². The van der Waals surface area contributed by atoms with Crippen molar-refractivity contribution in [3.8, 4) is 0 Å². The molecule has 0 saturated heterocycles. The zero-order valence-corrected chi connectivity index (χ0v) is 12.2. The first-order valence-corrected chi connectivity index (χ1v) is 8.08. The van der Waals surface area contributed by atoms with Crippen LogP contribution in [-0.4, -0.2) is 21.8 Å². The van der Waals surface area contributed by atoms with E-state index in [1.807, 2.05) is 24.4 Å². The second-order valence-corrected chi connectivity index (χ2v) is 6.41. The summed E-state index contributed by atoms with van der Waals surface area (Å²) >= 11 is 0. The van der Waals surface area contributed by atoms with E-state index in [1.165, 1.54) is 38.5 Å². The average Bonchev–Trinajstić information content (AvgIpc) is 3.09. The Balaban J connectivity index is 1.58. The van der Waals surface area contributed by atoms with Gasteiger partial charge in [0.2, 0.25) is 0 Å². The molecule has 2 saturated carbocycles. The smallest absolute Gasteiger partial charge is 0.272 e. The van der Waals surface area contributed by atoms with Gasteiger partial charge in [-0.25, -0.2) is 4.98 Å². The van der Waals surface area contributed by atoms with Gasteiger partial charge in [0, 0.05) is 18.7 Å². The Morgan fingerprint density at radius 1 is 1.24 bits per heavy atom. The number of hydrogen-bond acceptors (Lipinski definition) is 2. The predicted octanol–water partition coefficient (Wildman–Crippen LogP) is 3.13. The van der Waals surface area contributed by atoms with Gasteiger partial charge in [-0.15, -0.1) is 0 Å². The Bertz CT molecular complexity index is 666. The largest absolute Gasteiger partial charge is 0.350 e. The highest BCUT2D eigenvalue weighted by Crippen LogP contribution is 2.40.